The van der Waals surface area contributed by atoms with E-state index in [0.29, 0.717) is 18.0 Å². The van der Waals surface area contributed by atoms with Crippen LogP contribution in [-0.4, -0.2) is 34.5 Å². The lowest BCUT2D eigenvalue weighted by Crippen LogP contribution is -2.20. The summed E-state index contributed by atoms with van der Waals surface area (Å²) in [4.78, 5) is 12.2. The summed E-state index contributed by atoms with van der Waals surface area (Å²) in [5.74, 6) is 0.278. The Morgan fingerprint density at radius 1 is 1.43 bits per heavy atom. The summed E-state index contributed by atoms with van der Waals surface area (Å²) in [5.41, 5.74) is 1.38. The van der Waals surface area contributed by atoms with E-state index in [-0.39, 0.29) is 10.8 Å². The molecule has 1 saturated heterocycles. The highest BCUT2D eigenvalue weighted by Crippen LogP contribution is 2.21. The van der Waals surface area contributed by atoms with Crippen LogP contribution < -0.4 is 15.4 Å². The molecule has 2 rings (SSSR count). The van der Waals surface area contributed by atoms with Crippen LogP contribution in [0.2, 0.25) is 0 Å². The molecule has 3 N–H and O–H groups in total. The third kappa shape index (κ3) is 4.03. The first-order valence-electron chi connectivity index (χ1n) is 6.97. The van der Waals surface area contributed by atoms with Gasteiger partial charge in [-0.05, 0) is 57.1 Å². The second kappa shape index (κ2) is 6.55. The number of hydrogen-bond donors (Lipinski definition) is 3. The van der Waals surface area contributed by atoms with Gasteiger partial charge in [-0.15, -0.1) is 0 Å². The standard InChI is InChI=1S/C14H21N3O3S/c1-10-3-4-12(21(19,20)15-2)8-13(10)17-14(18)7-11-5-6-16-9-11/h3-4,8,11,15-16H,5-7,9H2,1-2H3,(H,17,18). The zero-order valence-corrected chi connectivity index (χ0v) is 13.1. The normalized spacial score (nSPS) is 18.7. The Labute approximate surface area is 125 Å². The Morgan fingerprint density at radius 3 is 2.81 bits per heavy atom. The van der Waals surface area contributed by atoms with Crippen LogP contribution in [0, 0.1) is 12.8 Å². The SMILES string of the molecule is CNS(=O)(=O)c1ccc(C)c(NC(=O)CC2CCNC2)c1. The molecule has 0 aromatic heterocycles. The number of anilines is 1. The molecule has 6 nitrogen and oxygen atoms in total. The van der Waals surface area contributed by atoms with Crippen LogP contribution in [0.5, 0.6) is 0 Å². The molecule has 21 heavy (non-hydrogen) atoms. The zero-order valence-electron chi connectivity index (χ0n) is 12.3. The molecule has 116 valence electrons. The quantitative estimate of drug-likeness (QED) is 0.752. The van der Waals surface area contributed by atoms with E-state index in [9.17, 15) is 13.2 Å². The predicted octanol–water partition coefficient (Wildman–Crippen LogP) is 0.841. The molecule has 7 heteroatoms. The van der Waals surface area contributed by atoms with Gasteiger partial charge < -0.3 is 10.6 Å². The molecule has 1 unspecified atom stereocenters. The zero-order chi connectivity index (χ0) is 15.5. The minimum absolute atomic E-state index is 0.0780. The highest BCUT2D eigenvalue weighted by atomic mass is 32.2. The lowest BCUT2D eigenvalue weighted by atomic mass is 10.0. The van der Waals surface area contributed by atoms with E-state index in [0.717, 1.165) is 25.1 Å². The number of carbonyl (C=O) groups excluding carboxylic acids is 1. The van der Waals surface area contributed by atoms with Crippen molar-refractivity contribution in [2.24, 2.45) is 5.92 Å². The lowest BCUT2D eigenvalue weighted by molar-refractivity contribution is -0.117. The summed E-state index contributed by atoms with van der Waals surface area (Å²) < 4.78 is 25.9. The molecule has 1 aromatic rings. The van der Waals surface area contributed by atoms with Crippen molar-refractivity contribution >= 4 is 21.6 Å². The molecule has 0 saturated carbocycles. The molecule has 0 aliphatic carbocycles. The summed E-state index contributed by atoms with van der Waals surface area (Å²) in [7, 11) is -2.15. The van der Waals surface area contributed by atoms with Crippen molar-refractivity contribution in [2.75, 3.05) is 25.5 Å². The van der Waals surface area contributed by atoms with Gasteiger partial charge in [0.1, 0.15) is 0 Å². The molecule has 0 spiro atoms. The Balaban J connectivity index is 2.11. The average Bonchev–Trinajstić information content (AvgIpc) is 2.93. The van der Waals surface area contributed by atoms with Gasteiger partial charge in [0.15, 0.2) is 0 Å². The minimum atomic E-state index is -3.51. The first-order chi connectivity index (χ1) is 9.92. The number of benzene rings is 1. The Hall–Kier alpha value is -1.44. The second-order valence-corrected chi connectivity index (χ2v) is 7.18. The summed E-state index contributed by atoms with van der Waals surface area (Å²) in [6.07, 6.45) is 1.45. The van der Waals surface area contributed by atoms with Gasteiger partial charge >= 0.3 is 0 Å². The van der Waals surface area contributed by atoms with Crippen LogP contribution in [0.25, 0.3) is 0 Å². The van der Waals surface area contributed by atoms with Gasteiger partial charge in [0.2, 0.25) is 15.9 Å². The van der Waals surface area contributed by atoms with Gasteiger partial charge in [0.05, 0.1) is 4.90 Å². The Morgan fingerprint density at radius 2 is 2.19 bits per heavy atom. The first kappa shape index (κ1) is 15.9. The van der Waals surface area contributed by atoms with Crippen molar-refractivity contribution in [3.63, 3.8) is 0 Å². The summed E-state index contributed by atoms with van der Waals surface area (Å²) in [5, 5.41) is 6.04. The van der Waals surface area contributed by atoms with Crippen LogP contribution in [0.3, 0.4) is 0 Å². The summed E-state index contributed by atoms with van der Waals surface area (Å²) in [6, 6.07) is 4.71. The monoisotopic (exact) mass is 311 g/mol. The van der Waals surface area contributed by atoms with E-state index in [2.05, 4.69) is 15.4 Å². The van der Waals surface area contributed by atoms with E-state index in [1.807, 2.05) is 6.92 Å². The molecule has 1 aliphatic rings. The van der Waals surface area contributed by atoms with Gasteiger partial charge in [-0.1, -0.05) is 6.07 Å². The fourth-order valence-corrected chi connectivity index (χ4v) is 3.13. The van der Waals surface area contributed by atoms with E-state index in [4.69, 9.17) is 0 Å². The molecular weight excluding hydrogens is 290 g/mol. The number of aryl methyl sites for hydroxylation is 1. The number of hydrogen-bond acceptors (Lipinski definition) is 4. The third-order valence-corrected chi connectivity index (χ3v) is 5.11. The van der Waals surface area contributed by atoms with E-state index in [1.165, 1.54) is 19.2 Å². The van der Waals surface area contributed by atoms with Crippen LogP contribution in [0.15, 0.2) is 23.1 Å². The maximum absolute atomic E-state index is 12.0. The Bertz CT molecular complexity index is 622. The second-order valence-electron chi connectivity index (χ2n) is 5.30. The molecule has 0 bridgehead atoms. The molecular formula is C14H21N3O3S. The molecule has 1 fully saturated rings. The van der Waals surface area contributed by atoms with Crippen LogP contribution >= 0.6 is 0 Å². The van der Waals surface area contributed by atoms with Crippen molar-refractivity contribution in [1.29, 1.82) is 0 Å². The highest BCUT2D eigenvalue weighted by Gasteiger charge is 2.19. The highest BCUT2D eigenvalue weighted by molar-refractivity contribution is 7.89. The van der Waals surface area contributed by atoms with Crippen molar-refractivity contribution in [2.45, 2.75) is 24.7 Å². The number of rotatable bonds is 5. The summed E-state index contributed by atoms with van der Waals surface area (Å²) >= 11 is 0. The van der Waals surface area contributed by atoms with Crippen molar-refractivity contribution in [3.05, 3.63) is 23.8 Å². The fourth-order valence-electron chi connectivity index (χ4n) is 2.37. The fraction of sp³-hybridized carbons (Fsp3) is 0.500. The number of amides is 1. The average molecular weight is 311 g/mol. The largest absolute Gasteiger partial charge is 0.326 e. The van der Waals surface area contributed by atoms with Crippen molar-refractivity contribution in [1.82, 2.24) is 10.0 Å². The molecule has 1 heterocycles. The van der Waals surface area contributed by atoms with Gasteiger partial charge in [0, 0.05) is 12.1 Å². The molecule has 0 radical (unpaired) electrons. The number of carbonyl (C=O) groups is 1. The van der Waals surface area contributed by atoms with Crippen LogP contribution in [-0.2, 0) is 14.8 Å². The maximum atomic E-state index is 12.0. The minimum Gasteiger partial charge on any atom is -0.326 e. The van der Waals surface area contributed by atoms with E-state index in [1.54, 1.807) is 6.07 Å². The number of sulfonamides is 1. The smallest absolute Gasteiger partial charge is 0.240 e. The first-order valence-corrected chi connectivity index (χ1v) is 8.45. The molecule has 1 aliphatic heterocycles. The van der Waals surface area contributed by atoms with Gasteiger partial charge in [-0.25, -0.2) is 13.1 Å². The van der Waals surface area contributed by atoms with E-state index < -0.39 is 10.0 Å². The van der Waals surface area contributed by atoms with E-state index >= 15 is 0 Å². The van der Waals surface area contributed by atoms with Crippen LogP contribution in [0.4, 0.5) is 5.69 Å². The summed E-state index contributed by atoms with van der Waals surface area (Å²) in [6.45, 7) is 3.65. The number of nitrogens with one attached hydrogen (secondary N) is 3. The lowest BCUT2D eigenvalue weighted by Gasteiger charge is -2.12. The molecule has 1 aromatic carbocycles. The topological polar surface area (TPSA) is 87.3 Å². The van der Waals surface area contributed by atoms with Gasteiger partial charge in [-0.3, -0.25) is 4.79 Å². The van der Waals surface area contributed by atoms with Gasteiger partial charge in [-0.2, -0.15) is 0 Å². The molecule has 1 atom stereocenters. The van der Waals surface area contributed by atoms with Gasteiger partial charge in [0.25, 0.3) is 0 Å². The molecule has 1 amide bonds. The Kier molecular flexibility index (Phi) is 4.97. The predicted molar refractivity (Wildman–Crippen MR) is 81.6 cm³/mol. The van der Waals surface area contributed by atoms with Crippen molar-refractivity contribution < 1.29 is 13.2 Å². The van der Waals surface area contributed by atoms with Crippen LogP contribution in [0.1, 0.15) is 18.4 Å². The van der Waals surface area contributed by atoms with Crippen molar-refractivity contribution in [3.8, 4) is 0 Å². The third-order valence-electron chi connectivity index (χ3n) is 3.70. The maximum Gasteiger partial charge on any atom is 0.240 e.